The van der Waals surface area contributed by atoms with Crippen molar-refractivity contribution in [1.29, 1.82) is 0 Å². The number of carbonyl (C=O) groups is 2. The minimum Gasteiger partial charge on any atom is -1.00 e. The molecule has 0 aliphatic heterocycles. The van der Waals surface area contributed by atoms with Gasteiger partial charge in [-0.1, -0.05) is 0 Å². The van der Waals surface area contributed by atoms with Crippen LogP contribution < -0.4 is 0 Å². The second kappa shape index (κ2) is 5.73. The molecule has 2 unspecified atom stereocenters. The summed E-state index contributed by atoms with van der Waals surface area (Å²) in [4.78, 5) is 19.5. The summed E-state index contributed by atoms with van der Waals surface area (Å²) in [6, 6.07) is 0. The van der Waals surface area contributed by atoms with Crippen LogP contribution in [0, 0.1) is 0 Å². The molecule has 0 bridgehead atoms. The zero-order valence-corrected chi connectivity index (χ0v) is 7.68. The summed E-state index contributed by atoms with van der Waals surface area (Å²) in [5.74, 6) is -3.54. The van der Waals surface area contributed by atoms with Crippen molar-refractivity contribution in [2.75, 3.05) is 0 Å². The number of rotatable bonds is 3. The Hall–Kier alpha value is 0.120. The standard InChI is InChI=1S/C4H6O6.Ca.2H/c5-1(3(7)8)2(6)4(9)10;;;/h1-2,5-6H,(H,7,8)(H,9,10);;;/q;+2;2*-1. The zero-order valence-electron chi connectivity index (χ0n) is 7.47. The molecule has 0 aromatic carbocycles. The van der Waals surface area contributed by atoms with Gasteiger partial charge in [0.1, 0.15) is 0 Å². The van der Waals surface area contributed by atoms with Crippen molar-refractivity contribution in [3.63, 3.8) is 0 Å². The first-order valence-corrected chi connectivity index (χ1v) is 2.28. The first kappa shape index (κ1) is 13.7. The molecule has 0 fully saturated rings. The largest absolute Gasteiger partial charge is 2.00 e. The smallest absolute Gasteiger partial charge is 1.00 e. The maximum absolute atomic E-state index is 9.77. The predicted molar refractivity (Wildman–Crippen MR) is 35.3 cm³/mol. The molecule has 0 rings (SSSR count). The van der Waals surface area contributed by atoms with E-state index >= 15 is 0 Å². The quantitative estimate of drug-likeness (QED) is 0.374. The molecule has 0 aliphatic rings. The number of hydrogen-bond donors (Lipinski definition) is 4. The summed E-state index contributed by atoms with van der Waals surface area (Å²) in [7, 11) is 0. The summed E-state index contributed by atoms with van der Waals surface area (Å²) in [6.07, 6.45) is -4.53. The molecule has 0 aliphatic carbocycles. The zero-order chi connectivity index (χ0) is 8.31. The molecule has 0 aromatic heterocycles. The minimum atomic E-state index is -2.27. The minimum absolute atomic E-state index is 0. The van der Waals surface area contributed by atoms with Crippen LogP contribution >= 0.6 is 0 Å². The number of aliphatic hydroxyl groups is 2. The van der Waals surface area contributed by atoms with E-state index in [0.29, 0.717) is 0 Å². The van der Waals surface area contributed by atoms with Crippen molar-refractivity contribution >= 4 is 49.7 Å². The molecular weight excluding hydrogens is 184 g/mol. The fraction of sp³-hybridized carbons (Fsp3) is 0.500. The summed E-state index contributed by atoms with van der Waals surface area (Å²) >= 11 is 0. The second-order valence-electron chi connectivity index (χ2n) is 1.57. The molecule has 11 heavy (non-hydrogen) atoms. The number of hydrogen-bond acceptors (Lipinski definition) is 4. The van der Waals surface area contributed by atoms with Gasteiger partial charge in [0.25, 0.3) is 0 Å². The fourth-order valence-electron chi connectivity index (χ4n) is 0.270. The molecule has 0 aromatic rings. The Labute approximate surface area is 94.4 Å². The number of carboxylic acid groups (broad SMARTS) is 2. The average Bonchev–Trinajstić information content (AvgIpc) is 1.84. The maximum atomic E-state index is 9.77. The van der Waals surface area contributed by atoms with Gasteiger partial charge >= 0.3 is 49.7 Å². The van der Waals surface area contributed by atoms with Gasteiger partial charge in [0.15, 0.2) is 12.2 Å². The van der Waals surface area contributed by atoms with Gasteiger partial charge in [0.2, 0.25) is 0 Å². The van der Waals surface area contributed by atoms with Gasteiger partial charge in [-0.3, -0.25) is 0 Å². The number of aliphatic hydroxyl groups excluding tert-OH is 2. The van der Waals surface area contributed by atoms with Crippen LogP contribution in [0.25, 0.3) is 0 Å². The van der Waals surface area contributed by atoms with Crippen molar-refractivity contribution in [3.05, 3.63) is 0 Å². The molecule has 62 valence electrons. The Morgan fingerprint density at radius 2 is 1.18 bits per heavy atom. The molecule has 2 atom stereocenters. The Morgan fingerprint density at radius 1 is 1.00 bits per heavy atom. The van der Waals surface area contributed by atoms with Crippen LogP contribution in [0.1, 0.15) is 2.85 Å². The molecule has 4 N–H and O–H groups in total. The van der Waals surface area contributed by atoms with Gasteiger partial charge < -0.3 is 23.3 Å². The normalized spacial score (nSPS) is 14.4. The Balaban J connectivity index is -0.000000135. The molecule has 0 radical (unpaired) electrons. The average molecular weight is 192 g/mol. The third-order valence-corrected chi connectivity index (χ3v) is 0.805. The second-order valence-corrected chi connectivity index (χ2v) is 1.57. The van der Waals surface area contributed by atoms with Crippen molar-refractivity contribution < 1.29 is 32.9 Å². The predicted octanol–water partition coefficient (Wildman–Crippen LogP) is -2.28. The summed E-state index contributed by atoms with van der Waals surface area (Å²) in [5.41, 5.74) is 0. The fourth-order valence-corrected chi connectivity index (χ4v) is 0.270. The van der Waals surface area contributed by atoms with Crippen LogP contribution in [-0.4, -0.2) is 82.3 Å². The molecule has 6 nitrogen and oxygen atoms in total. The van der Waals surface area contributed by atoms with Gasteiger partial charge in [0.05, 0.1) is 0 Å². The molecular formula is C4H8CaO6. The van der Waals surface area contributed by atoms with Crippen LogP contribution in [0.15, 0.2) is 0 Å². The SMILES string of the molecule is O=C(O)C(O)C(O)C(=O)O.[Ca+2].[H-].[H-]. The first-order chi connectivity index (χ1) is 4.46. The van der Waals surface area contributed by atoms with Gasteiger partial charge in [-0.15, -0.1) is 0 Å². The summed E-state index contributed by atoms with van der Waals surface area (Å²) in [6.45, 7) is 0. The van der Waals surface area contributed by atoms with Crippen molar-refractivity contribution in [2.45, 2.75) is 12.2 Å². The van der Waals surface area contributed by atoms with E-state index in [0.717, 1.165) is 0 Å². The Kier molecular flexibility index (Phi) is 7.13. The van der Waals surface area contributed by atoms with E-state index in [2.05, 4.69) is 0 Å². The molecule has 0 saturated heterocycles. The van der Waals surface area contributed by atoms with E-state index in [1.165, 1.54) is 0 Å². The van der Waals surface area contributed by atoms with Gasteiger partial charge in [0, 0.05) is 0 Å². The van der Waals surface area contributed by atoms with E-state index in [1.54, 1.807) is 0 Å². The molecule has 0 spiro atoms. The summed E-state index contributed by atoms with van der Waals surface area (Å²) in [5, 5.41) is 32.5. The van der Waals surface area contributed by atoms with E-state index in [9.17, 15) is 9.59 Å². The van der Waals surface area contributed by atoms with Crippen LogP contribution in [0.4, 0.5) is 0 Å². The van der Waals surface area contributed by atoms with Gasteiger partial charge in [-0.05, 0) is 0 Å². The van der Waals surface area contributed by atoms with Crippen molar-refractivity contribution in [3.8, 4) is 0 Å². The van der Waals surface area contributed by atoms with E-state index in [4.69, 9.17) is 20.4 Å². The van der Waals surface area contributed by atoms with Crippen LogP contribution in [0.5, 0.6) is 0 Å². The van der Waals surface area contributed by atoms with Crippen molar-refractivity contribution in [1.82, 2.24) is 0 Å². The van der Waals surface area contributed by atoms with Crippen LogP contribution in [0.3, 0.4) is 0 Å². The van der Waals surface area contributed by atoms with E-state index < -0.39 is 24.1 Å². The molecule has 0 heterocycles. The monoisotopic (exact) mass is 192 g/mol. The first-order valence-electron chi connectivity index (χ1n) is 2.28. The third kappa shape index (κ3) is 4.54. The molecule has 7 heteroatoms. The van der Waals surface area contributed by atoms with Gasteiger partial charge in [-0.2, -0.15) is 0 Å². The molecule has 0 amide bonds. The van der Waals surface area contributed by atoms with E-state index in [1.807, 2.05) is 0 Å². The number of carboxylic acids is 2. The molecule has 0 saturated carbocycles. The summed E-state index contributed by atoms with van der Waals surface area (Å²) < 4.78 is 0. The van der Waals surface area contributed by atoms with Crippen molar-refractivity contribution in [2.24, 2.45) is 0 Å². The third-order valence-electron chi connectivity index (χ3n) is 0.805. The van der Waals surface area contributed by atoms with Gasteiger partial charge in [-0.25, -0.2) is 9.59 Å². The number of aliphatic carboxylic acids is 2. The van der Waals surface area contributed by atoms with E-state index in [-0.39, 0.29) is 40.6 Å². The Morgan fingerprint density at radius 3 is 1.27 bits per heavy atom. The topological polar surface area (TPSA) is 115 Å². The maximum Gasteiger partial charge on any atom is 2.00 e. The Bertz CT molecular complexity index is 147. The van der Waals surface area contributed by atoms with Crippen LogP contribution in [-0.2, 0) is 9.59 Å². The van der Waals surface area contributed by atoms with Crippen LogP contribution in [0.2, 0.25) is 0 Å².